The Bertz CT molecular complexity index is 488. The number of hydrogen-bond donors (Lipinski definition) is 1. The number of hydroxylamine groups is 2. The van der Waals surface area contributed by atoms with Gasteiger partial charge in [-0.15, -0.1) is 0 Å². The van der Waals surface area contributed by atoms with Crippen molar-refractivity contribution in [3.8, 4) is 0 Å². The molecule has 0 amide bonds. The summed E-state index contributed by atoms with van der Waals surface area (Å²) in [6.45, 7) is -0.561. The molecule has 1 aliphatic rings. The number of halogens is 4. The first-order valence-electron chi connectivity index (χ1n) is 6.09. The second kappa shape index (κ2) is 6.33. The fourth-order valence-electron chi connectivity index (χ4n) is 1.85. The number of alkyl halides is 3. The second-order valence-electron chi connectivity index (χ2n) is 4.77. The largest absolute Gasteiger partial charge is 0.418 e. The molecule has 0 spiro atoms. The Labute approximate surface area is 133 Å². The van der Waals surface area contributed by atoms with Crippen LogP contribution in [0.15, 0.2) is 28.7 Å². The predicted octanol–water partition coefficient (Wildman–Crippen LogP) is 3.38. The van der Waals surface area contributed by atoms with E-state index < -0.39 is 18.3 Å². The molecule has 0 radical (unpaired) electrons. The van der Waals surface area contributed by atoms with E-state index in [9.17, 15) is 18.3 Å². The summed E-state index contributed by atoms with van der Waals surface area (Å²) in [6, 6.07) is 7.39. The maximum atomic E-state index is 12.7. The molecule has 2 rings (SSSR count). The first-order chi connectivity index (χ1) is 9.71. The van der Waals surface area contributed by atoms with Crippen LogP contribution in [-0.2, 0) is 4.28 Å². The predicted molar refractivity (Wildman–Crippen MR) is 78.4 cm³/mol. The molecule has 1 unspecified atom stereocenters. The van der Waals surface area contributed by atoms with E-state index in [0.717, 1.165) is 27.5 Å². The van der Waals surface area contributed by atoms with Gasteiger partial charge in [-0.25, -0.2) is 4.28 Å². The third-order valence-electron chi connectivity index (χ3n) is 3.18. The molecule has 1 aliphatic heterocycles. The molecule has 21 heavy (non-hydrogen) atoms. The number of benzene rings is 1. The normalized spacial score (nSPS) is 23.5. The van der Waals surface area contributed by atoms with Gasteiger partial charge >= 0.3 is 6.18 Å². The molecule has 1 atom stereocenters. The van der Waals surface area contributed by atoms with Crippen molar-refractivity contribution in [1.82, 2.24) is 5.06 Å². The van der Waals surface area contributed by atoms with Crippen molar-refractivity contribution in [3.63, 3.8) is 0 Å². The Morgan fingerprint density at radius 3 is 2.52 bits per heavy atom. The first kappa shape index (κ1) is 16.9. The molecular formula is C12H14BrF3N2O2S. The standard InChI is InChI=1S/C12H14BrF3N2O2S/c1-17(10-4-2-9(13)3-5-10)21-20-18-7-6-11(19,8-18)12(14,15)16/h2-5,19H,6-8H2,1H3. The quantitative estimate of drug-likeness (QED) is 0.633. The summed E-state index contributed by atoms with van der Waals surface area (Å²) >= 11 is 4.23. The average molecular weight is 387 g/mol. The van der Waals surface area contributed by atoms with E-state index in [-0.39, 0.29) is 13.0 Å². The monoisotopic (exact) mass is 386 g/mol. The minimum atomic E-state index is -4.65. The topological polar surface area (TPSA) is 35.9 Å². The van der Waals surface area contributed by atoms with Crippen LogP contribution in [-0.4, -0.2) is 42.1 Å². The van der Waals surface area contributed by atoms with Crippen LogP contribution in [0.25, 0.3) is 0 Å². The minimum Gasteiger partial charge on any atom is -0.379 e. The van der Waals surface area contributed by atoms with Crippen molar-refractivity contribution in [2.75, 3.05) is 24.4 Å². The SMILES string of the molecule is CN(SON1CCC(O)(C(F)(F)F)C1)c1ccc(Br)cc1. The first-order valence-corrected chi connectivity index (χ1v) is 7.58. The highest BCUT2D eigenvalue weighted by Crippen LogP contribution is 2.38. The van der Waals surface area contributed by atoms with Gasteiger partial charge in [0.2, 0.25) is 0 Å². The molecule has 1 aromatic carbocycles. The number of nitrogens with zero attached hydrogens (tertiary/aromatic N) is 2. The van der Waals surface area contributed by atoms with Gasteiger partial charge in [0, 0.05) is 30.2 Å². The van der Waals surface area contributed by atoms with E-state index in [2.05, 4.69) is 15.9 Å². The molecular weight excluding hydrogens is 373 g/mol. The van der Waals surface area contributed by atoms with Gasteiger partial charge in [-0.3, -0.25) is 4.31 Å². The van der Waals surface area contributed by atoms with Gasteiger partial charge in [0.15, 0.2) is 5.60 Å². The van der Waals surface area contributed by atoms with Gasteiger partial charge in [0.05, 0.1) is 6.54 Å². The molecule has 1 fully saturated rings. The van der Waals surface area contributed by atoms with Gasteiger partial charge in [0.1, 0.15) is 12.2 Å². The van der Waals surface area contributed by atoms with Crippen LogP contribution in [0.2, 0.25) is 0 Å². The molecule has 0 saturated carbocycles. The van der Waals surface area contributed by atoms with Crippen molar-refractivity contribution < 1.29 is 22.6 Å². The third-order valence-corrected chi connectivity index (χ3v) is 4.42. The smallest absolute Gasteiger partial charge is 0.379 e. The Hall–Kier alpha value is -0.480. The summed E-state index contributed by atoms with van der Waals surface area (Å²) in [5.41, 5.74) is -1.85. The molecule has 0 aromatic heterocycles. The van der Waals surface area contributed by atoms with Crippen molar-refractivity contribution >= 4 is 33.8 Å². The summed E-state index contributed by atoms with van der Waals surface area (Å²) < 4.78 is 45.9. The zero-order valence-electron chi connectivity index (χ0n) is 11.1. The molecule has 4 nitrogen and oxygen atoms in total. The number of aliphatic hydroxyl groups is 1. The Morgan fingerprint density at radius 1 is 1.38 bits per heavy atom. The Kier molecular flexibility index (Phi) is 5.09. The number of anilines is 1. The van der Waals surface area contributed by atoms with Gasteiger partial charge in [0.25, 0.3) is 0 Å². The fourth-order valence-corrected chi connectivity index (χ4v) is 2.64. The maximum Gasteiger partial charge on any atom is 0.418 e. The lowest BCUT2D eigenvalue weighted by Crippen LogP contribution is -2.47. The zero-order valence-corrected chi connectivity index (χ0v) is 13.5. The molecule has 1 N–H and O–H groups in total. The third kappa shape index (κ3) is 4.04. The van der Waals surface area contributed by atoms with Gasteiger partial charge < -0.3 is 5.11 Å². The maximum absolute atomic E-state index is 12.7. The van der Waals surface area contributed by atoms with E-state index in [1.807, 2.05) is 24.3 Å². The zero-order chi connectivity index (χ0) is 15.7. The Balaban J connectivity index is 1.86. The molecule has 0 aliphatic carbocycles. The second-order valence-corrected chi connectivity index (χ2v) is 6.53. The summed E-state index contributed by atoms with van der Waals surface area (Å²) in [4.78, 5) is 0. The van der Waals surface area contributed by atoms with Crippen molar-refractivity contribution in [2.24, 2.45) is 0 Å². The van der Waals surface area contributed by atoms with Crippen molar-refractivity contribution in [2.45, 2.75) is 18.2 Å². The summed E-state index contributed by atoms with van der Waals surface area (Å²) in [5, 5.41) is 10.7. The van der Waals surface area contributed by atoms with Crippen LogP contribution in [0.5, 0.6) is 0 Å². The van der Waals surface area contributed by atoms with Crippen LogP contribution in [0.1, 0.15) is 6.42 Å². The van der Waals surface area contributed by atoms with Crippen molar-refractivity contribution in [1.29, 1.82) is 0 Å². The summed E-state index contributed by atoms with van der Waals surface area (Å²) in [5.74, 6) is 0. The lowest BCUT2D eigenvalue weighted by atomic mass is 10.0. The molecule has 9 heteroatoms. The molecule has 0 bridgehead atoms. The number of hydrogen-bond acceptors (Lipinski definition) is 5. The highest BCUT2D eigenvalue weighted by atomic mass is 79.9. The fraction of sp³-hybridized carbons (Fsp3) is 0.500. The average Bonchev–Trinajstić information content (AvgIpc) is 2.80. The van der Waals surface area contributed by atoms with E-state index in [1.165, 1.54) is 0 Å². The lowest BCUT2D eigenvalue weighted by molar-refractivity contribution is -0.258. The van der Waals surface area contributed by atoms with E-state index in [0.29, 0.717) is 0 Å². The summed E-state index contributed by atoms with van der Waals surface area (Å²) in [7, 11) is 1.74. The molecule has 118 valence electrons. The number of β-amino-alcohol motifs (C(OH)–C–C–N with tert-alkyl or cyclic N) is 1. The van der Waals surface area contributed by atoms with Crippen LogP contribution < -0.4 is 4.31 Å². The molecule has 1 aromatic rings. The van der Waals surface area contributed by atoms with Gasteiger partial charge in [-0.2, -0.15) is 18.2 Å². The van der Waals surface area contributed by atoms with E-state index in [1.54, 1.807) is 11.4 Å². The molecule has 1 heterocycles. The van der Waals surface area contributed by atoms with E-state index >= 15 is 0 Å². The summed E-state index contributed by atoms with van der Waals surface area (Å²) in [6.07, 6.45) is -5.04. The van der Waals surface area contributed by atoms with Crippen LogP contribution >= 0.6 is 28.2 Å². The number of rotatable bonds is 4. The van der Waals surface area contributed by atoms with E-state index in [4.69, 9.17) is 4.28 Å². The van der Waals surface area contributed by atoms with Crippen LogP contribution in [0.3, 0.4) is 0 Å². The van der Waals surface area contributed by atoms with Crippen LogP contribution in [0.4, 0.5) is 18.9 Å². The van der Waals surface area contributed by atoms with Crippen molar-refractivity contribution in [3.05, 3.63) is 28.7 Å². The highest BCUT2D eigenvalue weighted by molar-refractivity contribution is 9.10. The van der Waals surface area contributed by atoms with Crippen LogP contribution in [0, 0.1) is 0 Å². The molecule has 1 saturated heterocycles. The van der Waals surface area contributed by atoms with Gasteiger partial charge in [-0.1, -0.05) is 15.9 Å². The lowest BCUT2D eigenvalue weighted by Gasteiger charge is -2.26. The Morgan fingerprint density at radius 2 is 2.00 bits per heavy atom. The van der Waals surface area contributed by atoms with Gasteiger partial charge in [-0.05, 0) is 24.3 Å². The highest BCUT2D eigenvalue weighted by Gasteiger charge is 2.57. The minimum absolute atomic E-state index is 0.0250.